The van der Waals surface area contributed by atoms with E-state index in [1.54, 1.807) is 30.3 Å². The molecule has 124 valence electrons. The summed E-state index contributed by atoms with van der Waals surface area (Å²) in [6.07, 6.45) is -1.06. The Kier molecular flexibility index (Phi) is 4.64. The van der Waals surface area contributed by atoms with Crippen LogP contribution in [0.15, 0.2) is 42.5 Å². The summed E-state index contributed by atoms with van der Waals surface area (Å²) in [5, 5.41) is 20.0. The van der Waals surface area contributed by atoms with Crippen LogP contribution < -0.4 is 10.1 Å². The molecule has 3 N–H and O–H groups in total. The number of methoxy groups -OCH3 is 1. The van der Waals surface area contributed by atoms with Crippen LogP contribution in [0.4, 0.5) is 16.0 Å². The van der Waals surface area contributed by atoms with Crippen molar-refractivity contribution < 1.29 is 14.2 Å². The third kappa shape index (κ3) is 3.32. The summed E-state index contributed by atoms with van der Waals surface area (Å²) in [6.45, 7) is 0. The van der Waals surface area contributed by atoms with Crippen LogP contribution in [0.2, 0.25) is 5.02 Å². The average Bonchev–Trinajstić information content (AvgIpc) is 3.05. The van der Waals surface area contributed by atoms with Gasteiger partial charge in [-0.1, -0.05) is 29.8 Å². The number of rotatable bonds is 5. The van der Waals surface area contributed by atoms with E-state index in [1.807, 2.05) is 0 Å². The molecule has 8 heteroatoms. The minimum absolute atomic E-state index is 0.125. The highest BCUT2D eigenvalue weighted by Gasteiger charge is 2.19. The predicted molar refractivity (Wildman–Crippen MR) is 88.1 cm³/mol. The van der Waals surface area contributed by atoms with Gasteiger partial charge in [0.1, 0.15) is 17.7 Å². The molecule has 2 aromatic carbocycles. The molecule has 24 heavy (non-hydrogen) atoms. The highest BCUT2D eigenvalue weighted by atomic mass is 35.5. The number of benzene rings is 2. The van der Waals surface area contributed by atoms with E-state index in [9.17, 15) is 9.50 Å². The van der Waals surface area contributed by atoms with Crippen molar-refractivity contribution in [2.24, 2.45) is 0 Å². The third-order valence-corrected chi connectivity index (χ3v) is 3.61. The van der Waals surface area contributed by atoms with E-state index in [2.05, 4.69) is 20.5 Å². The van der Waals surface area contributed by atoms with Crippen LogP contribution in [0.25, 0.3) is 0 Å². The van der Waals surface area contributed by atoms with Crippen LogP contribution in [0.5, 0.6) is 5.75 Å². The molecule has 1 heterocycles. The van der Waals surface area contributed by atoms with Gasteiger partial charge in [-0.3, -0.25) is 5.10 Å². The maximum Gasteiger partial charge on any atom is 0.246 e. The van der Waals surface area contributed by atoms with E-state index in [0.29, 0.717) is 16.3 Å². The number of H-pyrrole nitrogens is 1. The molecule has 1 atom stereocenters. The first-order chi connectivity index (χ1) is 11.6. The SMILES string of the molecule is COc1ccccc1C(O)c1nc(Nc2ccc(Cl)cc2F)n[nH]1. The molecule has 6 nitrogen and oxygen atoms in total. The van der Waals surface area contributed by atoms with Crippen molar-refractivity contribution in [2.75, 3.05) is 12.4 Å². The first-order valence-electron chi connectivity index (χ1n) is 7.04. The fraction of sp³-hybridized carbons (Fsp3) is 0.125. The minimum atomic E-state index is -1.06. The number of anilines is 2. The number of aliphatic hydroxyl groups is 1. The molecule has 0 aliphatic rings. The number of hydrogen-bond acceptors (Lipinski definition) is 5. The van der Waals surface area contributed by atoms with Crippen molar-refractivity contribution in [1.82, 2.24) is 15.2 Å². The Bertz CT molecular complexity index is 856. The fourth-order valence-corrected chi connectivity index (χ4v) is 2.36. The van der Waals surface area contributed by atoms with E-state index in [0.717, 1.165) is 0 Å². The molecule has 0 fully saturated rings. The Morgan fingerprint density at radius 1 is 1.29 bits per heavy atom. The van der Waals surface area contributed by atoms with Crippen LogP contribution in [0.1, 0.15) is 17.5 Å². The monoisotopic (exact) mass is 348 g/mol. The van der Waals surface area contributed by atoms with Crippen molar-refractivity contribution in [1.29, 1.82) is 0 Å². The summed E-state index contributed by atoms with van der Waals surface area (Å²) >= 11 is 5.71. The molecule has 0 radical (unpaired) electrons. The molecule has 0 amide bonds. The van der Waals surface area contributed by atoms with Crippen molar-refractivity contribution in [3.63, 3.8) is 0 Å². The zero-order valence-electron chi connectivity index (χ0n) is 12.6. The second-order valence-corrected chi connectivity index (χ2v) is 5.37. The Labute approximate surface area is 142 Å². The molecule has 1 aromatic heterocycles. The van der Waals surface area contributed by atoms with Crippen LogP contribution in [0, 0.1) is 5.82 Å². The summed E-state index contributed by atoms with van der Waals surface area (Å²) < 4.78 is 19.0. The Morgan fingerprint density at radius 2 is 2.08 bits per heavy atom. The Morgan fingerprint density at radius 3 is 2.83 bits per heavy atom. The molecule has 0 saturated heterocycles. The third-order valence-electron chi connectivity index (χ3n) is 3.37. The van der Waals surface area contributed by atoms with Gasteiger partial charge in [-0.25, -0.2) is 4.39 Å². The molecular weight excluding hydrogens is 335 g/mol. The molecule has 0 bridgehead atoms. The maximum atomic E-state index is 13.8. The van der Waals surface area contributed by atoms with Gasteiger partial charge in [0.05, 0.1) is 12.8 Å². The number of hydrogen-bond donors (Lipinski definition) is 3. The van der Waals surface area contributed by atoms with E-state index in [4.69, 9.17) is 16.3 Å². The van der Waals surface area contributed by atoms with Crippen molar-refractivity contribution in [2.45, 2.75) is 6.10 Å². The van der Waals surface area contributed by atoms with Gasteiger partial charge >= 0.3 is 0 Å². The average molecular weight is 349 g/mol. The molecule has 0 aliphatic carbocycles. The van der Waals surface area contributed by atoms with Gasteiger partial charge in [0, 0.05) is 10.6 Å². The zero-order chi connectivity index (χ0) is 17.1. The normalized spacial score (nSPS) is 12.0. The molecule has 0 aliphatic heterocycles. The highest BCUT2D eigenvalue weighted by molar-refractivity contribution is 6.30. The summed E-state index contributed by atoms with van der Waals surface area (Å²) in [5.41, 5.74) is 0.720. The number of para-hydroxylation sites is 1. The van der Waals surface area contributed by atoms with Gasteiger partial charge < -0.3 is 15.2 Å². The number of halogens is 2. The minimum Gasteiger partial charge on any atom is -0.496 e. The molecule has 0 saturated carbocycles. The van der Waals surface area contributed by atoms with Crippen LogP contribution in [-0.4, -0.2) is 27.4 Å². The van der Waals surface area contributed by atoms with E-state index in [-0.39, 0.29) is 17.5 Å². The lowest BCUT2D eigenvalue weighted by Crippen LogP contribution is -2.04. The number of aromatic amines is 1. The number of aliphatic hydroxyl groups excluding tert-OH is 1. The lowest BCUT2D eigenvalue weighted by atomic mass is 10.1. The summed E-state index contributed by atoms with van der Waals surface area (Å²) in [5.74, 6) is 0.329. The second-order valence-electron chi connectivity index (χ2n) is 4.94. The van der Waals surface area contributed by atoms with E-state index in [1.165, 1.54) is 19.2 Å². The van der Waals surface area contributed by atoms with E-state index >= 15 is 0 Å². The number of nitrogens with zero attached hydrogens (tertiary/aromatic N) is 2. The van der Waals surface area contributed by atoms with E-state index < -0.39 is 11.9 Å². The lowest BCUT2D eigenvalue weighted by molar-refractivity contribution is 0.205. The standard InChI is InChI=1S/C16H14ClFN4O2/c1-24-13-5-3-2-4-10(13)14(23)15-20-16(22-21-15)19-12-7-6-9(17)8-11(12)18/h2-8,14,23H,1H3,(H2,19,20,21,22). The van der Waals surface area contributed by atoms with Gasteiger partial charge in [0.15, 0.2) is 5.82 Å². The van der Waals surface area contributed by atoms with Gasteiger partial charge in [0.2, 0.25) is 5.95 Å². The quantitative estimate of drug-likeness (QED) is 0.658. The van der Waals surface area contributed by atoms with Gasteiger partial charge in [-0.2, -0.15) is 4.98 Å². The lowest BCUT2D eigenvalue weighted by Gasteiger charge is -2.11. The molecule has 3 rings (SSSR count). The maximum absolute atomic E-state index is 13.8. The number of nitrogens with one attached hydrogen (secondary N) is 2. The molecule has 3 aromatic rings. The number of aromatic nitrogens is 3. The zero-order valence-corrected chi connectivity index (χ0v) is 13.4. The second kappa shape index (κ2) is 6.86. The van der Waals surface area contributed by atoms with Gasteiger partial charge in [-0.05, 0) is 24.3 Å². The molecule has 1 unspecified atom stereocenters. The van der Waals surface area contributed by atoms with Gasteiger partial charge in [0.25, 0.3) is 0 Å². The molecular formula is C16H14ClFN4O2. The first-order valence-corrected chi connectivity index (χ1v) is 7.41. The number of ether oxygens (including phenoxy) is 1. The van der Waals surface area contributed by atoms with Crippen molar-refractivity contribution in [3.05, 3.63) is 64.7 Å². The van der Waals surface area contributed by atoms with Gasteiger partial charge in [-0.15, -0.1) is 5.10 Å². The summed E-state index contributed by atoms with van der Waals surface area (Å²) in [4.78, 5) is 4.14. The van der Waals surface area contributed by atoms with Crippen LogP contribution in [-0.2, 0) is 0 Å². The highest BCUT2D eigenvalue weighted by Crippen LogP contribution is 2.28. The smallest absolute Gasteiger partial charge is 0.246 e. The topological polar surface area (TPSA) is 83.1 Å². The van der Waals surface area contributed by atoms with Crippen molar-refractivity contribution in [3.8, 4) is 5.75 Å². The predicted octanol–water partition coefficient (Wildman–Crippen LogP) is 3.43. The largest absolute Gasteiger partial charge is 0.496 e. The van der Waals surface area contributed by atoms with Crippen LogP contribution >= 0.6 is 11.6 Å². The Hall–Kier alpha value is -2.64. The van der Waals surface area contributed by atoms with Crippen LogP contribution in [0.3, 0.4) is 0 Å². The first kappa shape index (κ1) is 16.2. The fourth-order valence-electron chi connectivity index (χ4n) is 2.20. The van der Waals surface area contributed by atoms with Crippen molar-refractivity contribution >= 4 is 23.2 Å². The summed E-state index contributed by atoms with van der Waals surface area (Å²) in [7, 11) is 1.52. The Balaban J connectivity index is 1.82. The molecule has 0 spiro atoms. The summed E-state index contributed by atoms with van der Waals surface area (Å²) in [6, 6.07) is 11.2.